The van der Waals surface area contributed by atoms with E-state index in [1.165, 1.54) is 18.5 Å². The molecule has 0 N–H and O–H groups in total. The summed E-state index contributed by atoms with van der Waals surface area (Å²) in [5.74, 6) is 1.99. The van der Waals surface area contributed by atoms with Crippen molar-refractivity contribution in [3.05, 3.63) is 45.5 Å². The Hall–Kier alpha value is -1.99. The maximum absolute atomic E-state index is 11.8. The number of hydrogen-bond donors (Lipinski definition) is 0. The van der Waals surface area contributed by atoms with Crippen LogP contribution in [0.1, 0.15) is 35.9 Å². The van der Waals surface area contributed by atoms with Crippen LogP contribution in [0, 0.1) is 6.92 Å². The van der Waals surface area contributed by atoms with E-state index in [2.05, 4.69) is 19.9 Å². The number of fused-ring (bicyclic) bond motifs is 1. The van der Waals surface area contributed by atoms with Crippen molar-refractivity contribution in [3.8, 4) is 0 Å². The molecule has 7 nitrogen and oxygen atoms in total. The first-order chi connectivity index (χ1) is 12.7. The molecule has 0 unspecified atom stereocenters. The molecule has 1 aliphatic heterocycles. The predicted molar refractivity (Wildman–Crippen MR) is 98.1 cm³/mol. The van der Waals surface area contributed by atoms with Gasteiger partial charge < -0.3 is 4.42 Å². The number of aryl methyl sites for hydroxylation is 3. The summed E-state index contributed by atoms with van der Waals surface area (Å²) in [6.45, 7) is 8.23. The van der Waals surface area contributed by atoms with Crippen molar-refractivity contribution >= 4 is 0 Å². The molecule has 1 fully saturated rings. The van der Waals surface area contributed by atoms with Crippen molar-refractivity contribution in [2.75, 3.05) is 32.7 Å². The van der Waals surface area contributed by atoms with E-state index in [1.54, 1.807) is 16.8 Å². The van der Waals surface area contributed by atoms with E-state index in [0.717, 1.165) is 69.5 Å². The molecule has 140 valence electrons. The van der Waals surface area contributed by atoms with Crippen molar-refractivity contribution < 1.29 is 4.42 Å². The molecule has 0 aromatic carbocycles. The minimum Gasteiger partial charge on any atom is -0.444 e. The van der Waals surface area contributed by atoms with Gasteiger partial charge in [0.25, 0.3) is 5.56 Å². The van der Waals surface area contributed by atoms with Gasteiger partial charge in [-0.05, 0) is 32.3 Å². The number of oxazole rings is 1. The van der Waals surface area contributed by atoms with Crippen LogP contribution < -0.4 is 5.56 Å². The Labute approximate surface area is 153 Å². The van der Waals surface area contributed by atoms with Gasteiger partial charge in [0, 0.05) is 45.2 Å². The Morgan fingerprint density at radius 3 is 2.62 bits per heavy atom. The van der Waals surface area contributed by atoms with Gasteiger partial charge in [0.15, 0.2) is 0 Å². The molecular formula is C19H27N5O2. The van der Waals surface area contributed by atoms with Gasteiger partial charge in [-0.1, -0.05) is 0 Å². The fourth-order valence-electron chi connectivity index (χ4n) is 3.78. The number of aromatic nitrogens is 3. The summed E-state index contributed by atoms with van der Waals surface area (Å²) >= 11 is 0. The summed E-state index contributed by atoms with van der Waals surface area (Å²) in [6.07, 6.45) is 4.57. The highest BCUT2D eigenvalue weighted by molar-refractivity contribution is 5.13. The Balaban J connectivity index is 1.25. The van der Waals surface area contributed by atoms with Crippen LogP contribution in [-0.2, 0) is 25.9 Å². The van der Waals surface area contributed by atoms with E-state index in [4.69, 9.17) is 4.42 Å². The number of nitrogens with zero attached hydrogens (tertiary/aromatic N) is 5. The van der Waals surface area contributed by atoms with Crippen molar-refractivity contribution in [2.45, 2.75) is 45.7 Å². The molecule has 4 rings (SSSR count). The summed E-state index contributed by atoms with van der Waals surface area (Å²) < 4.78 is 7.52. The second-order valence-electron chi connectivity index (χ2n) is 7.34. The van der Waals surface area contributed by atoms with Gasteiger partial charge in [0.05, 0.1) is 24.5 Å². The Kier molecular flexibility index (Phi) is 5.17. The van der Waals surface area contributed by atoms with Gasteiger partial charge in [0.1, 0.15) is 5.76 Å². The largest absolute Gasteiger partial charge is 0.444 e. The molecule has 0 amide bonds. The smallest absolute Gasteiger partial charge is 0.266 e. The Bertz CT molecular complexity index is 781. The number of hydrogen-bond acceptors (Lipinski definition) is 6. The zero-order chi connectivity index (χ0) is 17.9. The molecule has 3 heterocycles. The molecule has 1 aliphatic carbocycles. The minimum absolute atomic E-state index is 0.0258. The molecule has 26 heavy (non-hydrogen) atoms. The fourth-order valence-corrected chi connectivity index (χ4v) is 3.78. The van der Waals surface area contributed by atoms with E-state index in [1.807, 2.05) is 6.92 Å². The molecule has 0 radical (unpaired) electrons. The summed E-state index contributed by atoms with van der Waals surface area (Å²) in [7, 11) is 0. The third kappa shape index (κ3) is 4.04. The number of piperazine rings is 1. The normalized spacial score (nSPS) is 18.8. The highest BCUT2D eigenvalue weighted by Crippen LogP contribution is 2.22. The lowest BCUT2D eigenvalue weighted by Gasteiger charge is -2.33. The third-order valence-electron chi connectivity index (χ3n) is 5.34. The van der Waals surface area contributed by atoms with Crippen molar-refractivity contribution in [1.82, 2.24) is 24.6 Å². The standard InChI is InChI=1S/C19H27N5O2/c1-15-6-7-19(25)24(21-15)13-12-22-8-10-23(11-9-22)14-18-20-16-4-2-3-5-17(16)26-18/h6-7H,2-5,8-14H2,1H3. The molecule has 2 aromatic heterocycles. The summed E-state index contributed by atoms with van der Waals surface area (Å²) in [6, 6.07) is 3.36. The van der Waals surface area contributed by atoms with Crippen LogP contribution >= 0.6 is 0 Å². The molecule has 2 aromatic rings. The van der Waals surface area contributed by atoms with Gasteiger partial charge in [0.2, 0.25) is 5.89 Å². The van der Waals surface area contributed by atoms with E-state index in [-0.39, 0.29) is 5.56 Å². The van der Waals surface area contributed by atoms with Gasteiger partial charge in [-0.3, -0.25) is 14.6 Å². The molecule has 7 heteroatoms. The van der Waals surface area contributed by atoms with Crippen molar-refractivity contribution in [2.24, 2.45) is 0 Å². The molecule has 0 spiro atoms. The van der Waals surface area contributed by atoms with Crippen LogP contribution in [0.2, 0.25) is 0 Å². The van der Waals surface area contributed by atoms with Crippen LogP contribution in [0.3, 0.4) is 0 Å². The van der Waals surface area contributed by atoms with Crippen molar-refractivity contribution in [1.29, 1.82) is 0 Å². The highest BCUT2D eigenvalue weighted by atomic mass is 16.4. The van der Waals surface area contributed by atoms with E-state index < -0.39 is 0 Å². The topological polar surface area (TPSA) is 67.4 Å². The van der Waals surface area contributed by atoms with Gasteiger partial charge >= 0.3 is 0 Å². The Morgan fingerprint density at radius 2 is 1.81 bits per heavy atom. The summed E-state index contributed by atoms with van der Waals surface area (Å²) in [5.41, 5.74) is 2.03. The van der Waals surface area contributed by atoms with E-state index in [9.17, 15) is 4.79 Å². The SMILES string of the molecule is Cc1ccc(=O)n(CCN2CCN(Cc3nc4c(o3)CCCC4)CC2)n1. The quantitative estimate of drug-likeness (QED) is 0.802. The average molecular weight is 357 g/mol. The lowest BCUT2D eigenvalue weighted by atomic mass is 10.0. The second-order valence-corrected chi connectivity index (χ2v) is 7.34. The minimum atomic E-state index is -0.0258. The summed E-state index contributed by atoms with van der Waals surface area (Å²) in [5, 5.41) is 4.31. The molecule has 2 aliphatic rings. The zero-order valence-corrected chi connectivity index (χ0v) is 15.5. The van der Waals surface area contributed by atoms with Crippen LogP contribution in [0.4, 0.5) is 0 Å². The lowest BCUT2D eigenvalue weighted by Crippen LogP contribution is -2.47. The zero-order valence-electron chi connectivity index (χ0n) is 15.5. The van der Waals surface area contributed by atoms with Crippen LogP contribution in [0.5, 0.6) is 0 Å². The predicted octanol–water partition coefficient (Wildman–Crippen LogP) is 1.24. The first-order valence-electron chi connectivity index (χ1n) is 9.64. The molecular weight excluding hydrogens is 330 g/mol. The van der Waals surface area contributed by atoms with E-state index in [0.29, 0.717) is 6.54 Å². The van der Waals surface area contributed by atoms with Crippen LogP contribution in [-0.4, -0.2) is 57.3 Å². The highest BCUT2D eigenvalue weighted by Gasteiger charge is 2.21. The molecule has 0 atom stereocenters. The average Bonchev–Trinajstić information content (AvgIpc) is 3.06. The van der Waals surface area contributed by atoms with Gasteiger partial charge in [-0.2, -0.15) is 5.10 Å². The van der Waals surface area contributed by atoms with Crippen LogP contribution in [0.25, 0.3) is 0 Å². The first-order valence-corrected chi connectivity index (χ1v) is 9.64. The second kappa shape index (κ2) is 7.72. The molecule has 1 saturated heterocycles. The third-order valence-corrected chi connectivity index (χ3v) is 5.34. The number of rotatable bonds is 5. The van der Waals surface area contributed by atoms with Gasteiger partial charge in [-0.15, -0.1) is 0 Å². The van der Waals surface area contributed by atoms with Crippen LogP contribution in [0.15, 0.2) is 21.3 Å². The monoisotopic (exact) mass is 357 g/mol. The maximum Gasteiger partial charge on any atom is 0.266 e. The van der Waals surface area contributed by atoms with Crippen molar-refractivity contribution in [3.63, 3.8) is 0 Å². The maximum atomic E-state index is 11.8. The lowest BCUT2D eigenvalue weighted by molar-refractivity contribution is 0.115. The fraction of sp³-hybridized carbons (Fsp3) is 0.632. The van der Waals surface area contributed by atoms with E-state index >= 15 is 0 Å². The molecule has 0 saturated carbocycles. The first kappa shape index (κ1) is 17.4. The summed E-state index contributed by atoms with van der Waals surface area (Å²) in [4.78, 5) is 21.3. The van der Waals surface area contributed by atoms with Gasteiger partial charge in [-0.25, -0.2) is 9.67 Å². The Morgan fingerprint density at radius 1 is 1.04 bits per heavy atom. The molecule has 0 bridgehead atoms.